The Labute approximate surface area is 81.4 Å². The molecule has 0 spiro atoms. The number of rotatable bonds is 0. The van der Waals surface area contributed by atoms with E-state index in [0.717, 1.165) is 11.1 Å². The minimum Gasteiger partial charge on any atom is -0.408 e. The molecule has 0 amide bonds. The van der Waals surface area contributed by atoms with Gasteiger partial charge in [0.25, 0.3) is 0 Å². The number of aryl methyl sites for hydroxylation is 3. The second kappa shape index (κ2) is 2.94. The Hall–Kier alpha value is -1.64. The van der Waals surface area contributed by atoms with Gasteiger partial charge in [0, 0.05) is 6.92 Å². The maximum Gasteiger partial charge on any atom is 0.346 e. The van der Waals surface area contributed by atoms with Crippen molar-refractivity contribution in [2.24, 2.45) is 0 Å². The van der Waals surface area contributed by atoms with E-state index in [-0.39, 0.29) is 5.63 Å². The fourth-order valence-corrected chi connectivity index (χ4v) is 1.44. The van der Waals surface area contributed by atoms with E-state index in [4.69, 9.17) is 4.42 Å². The molecule has 0 radical (unpaired) electrons. The molecule has 0 saturated carbocycles. The molecule has 0 aliphatic heterocycles. The van der Waals surface area contributed by atoms with Crippen molar-refractivity contribution in [3.8, 4) is 0 Å². The van der Waals surface area contributed by atoms with Gasteiger partial charge in [-0.2, -0.15) is 0 Å². The smallest absolute Gasteiger partial charge is 0.346 e. The van der Waals surface area contributed by atoms with Crippen LogP contribution < -0.4 is 5.63 Å². The summed E-state index contributed by atoms with van der Waals surface area (Å²) in [6.07, 6.45) is 0. The van der Waals surface area contributed by atoms with Gasteiger partial charge in [-0.1, -0.05) is 0 Å². The van der Waals surface area contributed by atoms with Crippen molar-refractivity contribution in [2.75, 3.05) is 0 Å². The highest BCUT2D eigenvalue weighted by Crippen LogP contribution is 2.14. The number of benzene rings is 1. The molecule has 0 bridgehead atoms. The Kier molecular flexibility index (Phi) is 1.88. The first-order valence-corrected chi connectivity index (χ1v) is 4.46. The second-order valence-electron chi connectivity index (χ2n) is 3.47. The fourth-order valence-electron chi connectivity index (χ4n) is 1.44. The Morgan fingerprint density at radius 3 is 2.50 bits per heavy atom. The average molecular weight is 189 g/mol. The first-order valence-electron chi connectivity index (χ1n) is 4.46. The minimum absolute atomic E-state index is 0.310. The monoisotopic (exact) mass is 189 g/mol. The van der Waals surface area contributed by atoms with Crippen molar-refractivity contribution < 1.29 is 4.42 Å². The van der Waals surface area contributed by atoms with E-state index in [0.29, 0.717) is 16.8 Å². The van der Waals surface area contributed by atoms with Gasteiger partial charge in [-0.05, 0) is 37.1 Å². The molecule has 2 aromatic rings. The molecule has 0 saturated heterocycles. The third kappa shape index (κ3) is 1.31. The molecule has 0 atom stereocenters. The molecule has 2 rings (SSSR count). The van der Waals surface area contributed by atoms with Crippen molar-refractivity contribution >= 4 is 10.9 Å². The predicted octanol–water partition coefficient (Wildman–Crippen LogP) is 2.11. The summed E-state index contributed by atoms with van der Waals surface area (Å²) in [7, 11) is 0. The van der Waals surface area contributed by atoms with E-state index >= 15 is 0 Å². The van der Waals surface area contributed by atoms with Crippen LogP contribution in [0, 0.1) is 20.8 Å². The first-order chi connectivity index (χ1) is 6.58. The normalized spacial score (nSPS) is 10.8. The van der Waals surface area contributed by atoms with Crippen LogP contribution in [0.25, 0.3) is 10.9 Å². The summed E-state index contributed by atoms with van der Waals surface area (Å²) >= 11 is 0. The van der Waals surface area contributed by atoms with Crippen molar-refractivity contribution in [1.82, 2.24) is 4.98 Å². The molecule has 1 heterocycles. The quantitative estimate of drug-likeness (QED) is 0.637. The Balaban J connectivity index is 2.96. The van der Waals surface area contributed by atoms with Crippen LogP contribution >= 0.6 is 0 Å². The lowest BCUT2D eigenvalue weighted by molar-refractivity contribution is 0.467. The van der Waals surface area contributed by atoms with Crippen LogP contribution in [-0.2, 0) is 0 Å². The number of hydrogen-bond donors (Lipinski definition) is 0. The Bertz CT molecular complexity index is 555. The van der Waals surface area contributed by atoms with E-state index in [9.17, 15) is 4.79 Å². The fraction of sp³-hybridized carbons (Fsp3) is 0.273. The van der Waals surface area contributed by atoms with Gasteiger partial charge in [0.05, 0.1) is 10.9 Å². The summed E-state index contributed by atoms with van der Waals surface area (Å²) in [5, 5.41) is 0.554. The molecule has 1 aromatic carbocycles. The SMILES string of the molecule is Cc1nc2cc(C)c(C)cc2c(=O)o1. The van der Waals surface area contributed by atoms with Crippen molar-refractivity contribution in [3.05, 3.63) is 39.6 Å². The molecule has 3 nitrogen and oxygen atoms in total. The van der Waals surface area contributed by atoms with Gasteiger partial charge in [-0.25, -0.2) is 9.78 Å². The van der Waals surface area contributed by atoms with E-state index < -0.39 is 0 Å². The molecule has 0 aliphatic carbocycles. The highest BCUT2D eigenvalue weighted by Gasteiger charge is 2.05. The summed E-state index contributed by atoms with van der Waals surface area (Å²) in [5.74, 6) is 0.408. The van der Waals surface area contributed by atoms with Gasteiger partial charge < -0.3 is 4.42 Å². The summed E-state index contributed by atoms with van der Waals surface area (Å²) in [5.41, 5.74) is 2.61. The Morgan fingerprint density at radius 2 is 1.79 bits per heavy atom. The molecular weight excluding hydrogens is 178 g/mol. The average Bonchev–Trinajstić information content (AvgIpc) is 2.08. The molecule has 72 valence electrons. The van der Waals surface area contributed by atoms with Gasteiger partial charge in [0.1, 0.15) is 0 Å². The zero-order valence-corrected chi connectivity index (χ0v) is 8.42. The van der Waals surface area contributed by atoms with Crippen LogP contribution in [-0.4, -0.2) is 4.98 Å². The summed E-state index contributed by atoms with van der Waals surface area (Å²) in [6.45, 7) is 5.64. The zero-order valence-electron chi connectivity index (χ0n) is 8.42. The lowest BCUT2D eigenvalue weighted by Crippen LogP contribution is -2.03. The van der Waals surface area contributed by atoms with Crippen LogP contribution in [0.15, 0.2) is 21.3 Å². The summed E-state index contributed by atoms with van der Waals surface area (Å²) < 4.78 is 4.92. The third-order valence-corrected chi connectivity index (χ3v) is 2.35. The van der Waals surface area contributed by atoms with E-state index in [1.54, 1.807) is 6.92 Å². The van der Waals surface area contributed by atoms with Crippen molar-refractivity contribution in [2.45, 2.75) is 20.8 Å². The van der Waals surface area contributed by atoms with E-state index in [1.807, 2.05) is 26.0 Å². The predicted molar refractivity (Wildman–Crippen MR) is 54.5 cm³/mol. The third-order valence-electron chi connectivity index (χ3n) is 2.35. The molecule has 1 aromatic heterocycles. The lowest BCUT2D eigenvalue weighted by Gasteiger charge is -2.02. The highest BCUT2D eigenvalue weighted by atomic mass is 16.4. The van der Waals surface area contributed by atoms with E-state index in [2.05, 4.69) is 4.98 Å². The van der Waals surface area contributed by atoms with Gasteiger partial charge >= 0.3 is 5.63 Å². The van der Waals surface area contributed by atoms with Crippen LogP contribution in [0.4, 0.5) is 0 Å². The van der Waals surface area contributed by atoms with Crippen LogP contribution in [0.3, 0.4) is 0 Å². The maximum absolute atomic E-state index is 11.5. The highest BCUT2D eigenvalue weighted by molar-refractivity contribution is 5.78. The van der Waals surface area contributed by atoms with Crippen LogP contribution in [0.2, 0.25) is 0 Å². The Morgan fingerprint density at radius 1 is 1.14 bits per heavy atom. The van der Waals surface area contributed by atoms with Crippen LogP contribution in [0.5, 0.6) is 0 Å². The molecule has 3 heteroatoms. The molecule has 0 aliphatic rings. The lowest BCUT2D eigenvalue weighted by atomic mass is 10.1. The topological polar surface area (TPSA) is 43.1 Å². The number of hydrogen-bond acceptors (Lipinski definition) is 3. The van der Waals surface area contributed by atoms with Crippen molar-refractivity contribution in [1.29, 1.82) is 0 Å². The van der Waals surface area contributed by atoms with Crippen LogP contribution in [0.1, 0.15) is 17.0 Å². The number of aromatic nitrogens is 1. The number of fused-ring (bicyclic) bond motifs is 1. The second-order valence-corrected chi connectivity index (χ2v) is 3.47. The minimum atomic E-state index is -0.310. The van der Waals surface area contributed by atoms with Gasteiger partial charge in [0.2, 0.25) is 0 Å². The molecule has 0 unspecified atom stereocenters. The molecule has 0 N–H and O–H groups in total. The molecule has 14 heavy (non-hydrogen) atoms. The maximum atomic E-state index is 11.5. The van der Waals surface area contributed by atoms with Gasteiger partial charge in [-0.3, -0.25) is 0 Å². The summed E-state index contributed by atoms with van der Waals surface area (Å²) in [4.78, 5) is 15.6. The number of nitrogens with zero attached hydrogens (tertiary/aromatic N) is 1. The zero-order chi connectivity index (χ0) is 10.3. The largest absolute Gasteiger partial charge is 0.408 e. The van der Waals surface area contributed by atoms with Gasteiger partial charge in [-0.15, -0.1) is 0 Å². The first kappa shape index (κ1) is 8.94. The molecular formula is C11H11NO2. The van der Waals surface area contributed by atoms with Crippen molar-refractivity contribution in [3.63, 3.8) is 0 Å². The van der Waals surface area contributed by atoms with Gasteiger partial charge in [0.15, 0.2) is 5.89 Å². The summed E-state index contributed by atoms with van der Waals surface area (Å²) in [6, 6.07) is 3.73. The molecule has 0 fully saturated rings. The standard InChI is InChI=1S/C11H11NO2/c1-6-4-9-10(5-7(6)2)12-8(3)14-11(9)13/h4-5H,1-3H3. The van der Waals surface area contributed by atoms with E-state index in [1.165, 1.54) is 0 Å².